The maximum Gasteiger partial charge on any atom is 0.263 e. The second-order valence-electron chi connectivity index (χ2n) is 7.22. The van der Waals surface area contributed by atoms with E-state index in [9.17, 15) is 9.18 Å². The number of fused-ring (bicyclic) bond motifs is 1. The van der Waals surface area contributed by atoms with E-state index in [1.807, 2.05) is 27.7 Å². The summed E-state index contributed by atoms with van der Waals surface area (Å²) >= 11 is 0. The Morgan fingerprint density at radius 3 is 2.72 bits per heavy atom. The molecule has 6 nitrogen and oxygen atoms in total. The number of nitrogens with one attached hydrogen (secondary N) is 2. The summed E-state index contributed by atoms with van der Waals surface area (Å²) < 4.78 is 15.5. The molecule has 0 spiro atoms. The number of rotatable bonds is 4. The van der Waals surface area contributed by atoms with E-state index in [-0.39, 0.29) is 23.0 Å². The summed E-state index contributed by atoms with van der Waals surface area (Å²) in [6, 6.07) is 6.55. The van der Waals surface area contributed by atoms with Gasteiger partial charge >= 0.3 is 0 Å². The number of nitrogens with zero attached hydrogens (tertiary/aromatic N) is 3. The van der Waals surface area contributed by atoms with E-state index < -0.39 is 0 Å². The van der Waals surface area contributed by atoms with Crippen LogP contribution in [0.5, 0.6) is 0 Å². The van der Waals surface area contributed by atoms with Gasteiger partial charge in [-0.1, -0.05) is 18.2 Å². The van der Waals surface area contributed by atoms with Crippen LogP contribution in [0.4, 0.5) is 10.3 Å². The van der Waals surface area contributed by atoms with E-state index in [1.165, 1.54) is 12.3 Å². The van der Waals surface area contributed by atoms with Crippen LogP contribution < -0.4 is 10.9 Å². The molecule has 25 heavy (non-hydrogen) atoms. The average Bonchev–Trinajstić information content (AvgIpc) is 2.94. The van der Waals surface area contributed by atoms with Gasteiger partial charge in [0.25, 0.3) is 5.56 Å². The van der Waals surface area contributed by atoms with Crippen molar-refractivity contribution in [2.45, 2.75) is 45.7 Å². The van der Waals surface area contributed by atoms with E-state index >= 15 is 0 Å². The first-order valence-corrected chi connectivity index (χ1v) is 8.24. The Labute approximate surface area is 145 Å². The SMILES string of the molecule is CC(Cc1ccccc1F)Nc1nc2c(cnn2C(C)(C)C)c(=O)[nH]1. The highest BCUT2D eigenvalue weighted by atomic mass is 19.1. The fraction of sp³-hybridized carbons (Fsp3) is 0.389. The molecule has 0 fully saturated rings. The molecule has 2 heterocycles. The third-order valence-electron chi connectivity index (χ3n) is 3.94. The number of benzene rings is 1. The van der Waals surface area contributed by atoms with Gasteiger partial charge in [0.15, 0.2) is 5.65 Å². The third kappa shape index (κ3) is 3.55. The number of hydrogen-bond acceptors (Lipinski definition) is 4. The minimum atomic E-state index is -0.293. The second-order valence-corrected chi connectivity index (χ2v) is 7.22. The minimum absolute atomic E-state index is 0.108. The predicted octanol–water partition coefficient (Wildman–Crippen LogP) is 3.06. The monoisotopic (exact) mass is 343 g/mol. The van der Waals surface area contributed by atoms with Crippen LogP contribution in [0.3, 0.4) is 0 Å². The summed E-state index contributed by atoms with van der Waals surface area (Å²) in [5.74, 6) is 0.117. The lowest BCUT2D eigenvalue weighted by atomic mass is 10.1. The summed E-state index contributed by atoms with van der Waals surface area (Å²) in [5.41, 5.74) is 0.599. The molecule has 2 aromatic heterocycles. The van der Waals surface area contributed by atoms with Crippen LogP contribution in [0.15, 0.2) is 35.3 Å². The summed E-state index contributed by atoms with van der Waals surface area (Å²) in [6.07, 6.45) is 2.01. The average molecular weight is 343 g/mol. The Kier molecular flexibility index (Phi) is 4.32. The van der Waals surface area contributed by atoms with Crippen molar-refractivity contribution < 1.29 is 4.39 Å². The molecule has 3 rings (SSSR count). The Hall–Kier alpha value is -2.70. The summed E-state index contributed by atoms with van der Waals surface area (Å²) in [7, 11) is 0. The topological polar surface area (TPSA) is 75.6 Å². The zero-order chi connectivity index (χ0) is 18.2. The van der Waals surface area contributed by atoms with Gasteiger partial charge in [0.2, 0.25) is 5.95 Å². The lowest BCUT2D eigenvalue weighted by Gasteiger charge is -2.20. The van der Waals surface area contributed by atoms with Crippen LogP contribution in [0.2, 0.25) is 0 Å². The standard InChI is InChI=1S/C18H22FN5O/c1-11(9-12-7-5-6-8-14(12)19)21-17-22-15-13(16(25)23-17)10-20-24(15)18(2,3)4/h5-8,10-11H,9H2,1-4H3,(H2,21,22,23,25). The van der Waals surface area contributed by atoms with E-state index in [4.69, 9.17) is 0 Å². The van der Waals surface area contributed by atoms with E-state index in [2.05, 4.69) is 20.4 Å². The van der Waals surface area contributed by atoms with Gasteiger partial charge in [-0.15, -0.1) is 0 Å². The van der Waals surface area contributed by atoms with E-state index in [0.29, 0.717) is 29.0 Å². The van der Waals surface area contributed by atoms with Crippen LogP contribution in [0.25, 0.3) is 11.0 Å². The lowest BCUT2D eigenvalue weighted by molar-refractivity contribution is 0.366. The number of anilines is 1. The zero-order valence-corrected chi connectivity index (χ0v) is 14.8. The quantitative estimate of drug-likeness (QED) is 0.763. The molecule has 132 valence electrons. The van der Waals surface area contributed by atoms with Crippen molar-refractivity contribution in [3.05, 3.63) is 52.2 Å². The van der Waals surface area contributed by atoms with Crippen molar-refractivity contribution in [2.75, 3.05) is 5.32 Å². The number of halogens is 1. The molecule has 7 heteroatoms. The van der Waals surface area contributed by atoms with Crippen molar-refractivity contribution in [1.82, 2.24) is 19.7 Å². The second kappa shape index (κ2) is 6.31. The number of aromatic amines is 1. The maximum absolute atomic E-state index is 13.8. The highest BCUT2D eigenvalue weighted by Crippen LogP contribution is 2.19. The highest BCUT2D eigenvalue weighted by Gasteiger charge is 2.20. The Bertz CT molecular complexity index is 954. The van der Waals surface area contributed by atoms with Gasteiger partial charge in [-0.25, -0.2) is 9.07 Å². The maximum atomic E-state index is 13.8. The molecule has 1 atom stereocenters. The van der Waals surface area contributed by atoms with Gasteiger partial charge < -0.3 is 5.32 Å². The van der Waals surface area contributed by atoms with Crippen molar-refractivity contribution in [1.29, 1.82) is 0 Å². The van der Waals surface area contributed by atoms with Crippen LogP contribution >= 0.6 is 0 Å². The number of hydrogen-bond donors (Lipinski definition) is 2. The normalized spacial score (nSPS) is 13.2. The van der Waals surface area contributed by atoms with Gasteiger partial charge in [-0.2, -0.15) is 10.1 Å². The van der Waals surface area contributed by atoms with Gasteiger partial charge in [0, 0.05) is 6.04 Å². The van der Waals surface area contributed by atoms with Crippen LogP contribution in [-0.4, -0.2) is 25.8 Å². The first kappa shape index (κ1) is 17.1. The van der Waals surface area contributed by atoms with Crippen molar-refractivity contribution in [3.63, 3.8) is 0 Å². The summed E-state index contributed by atoms with van der Waals surface area (Å²) in [5, 5.41) is 7.87. The Balaban J connectivity index is 1.89. The van der Waals surface area contributed by atoms with Gasteiger partial charge in [0.1, 0.15) is 11.2 Å². The molecule has 0 aliphatic rings. The number of H-pyrrole nitrogens is 1. The summed E-state index contributed by atoms with van der Waals surface area (Å²) in [6.45, 7) is 7.90. The van der Waals surface area contributed by atoms with Crippen LogP contribution in [0.1, 0.15) is 33.3 Å². The molecule has 1 unspecified atom stereocenters. The Morgan fingerprint density at radius 1 is 1.32 bits per heavy atom. The van der Waals surface area contributed by atoms with Crippen LogP contribution in [-0.2, 0) is 12.0 Å². The molecule has 3 aromatic rings. The largest absolute Gasteiger partial charge is 0.353 e. The molecule has 0 amide bonds. The van der Waals surface area contributed by atoms with Gasteiger partial charge in [-0.05, 0) is 45.7 Å². The first-order chi connectivity index (χ1) is 11.8. The predicted molar refractivity (Wildman–Crippen MR) is 96.3 cm³/mol. The van der Waals surface area contributed by atoms with E-state index in [1.54, 1.807) is 22.9 Å². The van der Waals surface area contributed by atoms with Crippen molar-refractivity contribution in [2.24, 2.45) is 0 Å². The summed E-state index contributed by atoms with van der Waals surface area (Å²) in [4.78, 5) is 19.5. The van der Waals surface area contributed by atoms with Gasteiger partial charge in [0.05, 0.1) is 11.7 Å². The first-order valence-electron chi connectivity index (χ1n) is 8.24. The Morgan fingerprint density at radius 2 is 2.04 bits per heavy atom. The minimum Gasteiger partial charge on any atom is -0.353 e. The fourth-order valence-electron chi connectivity index (χ4n) is 2.76. The molecule has 0 bridgehead atoms. The third-order valence-corrected chi connectivity index (χ3v) is 3.94. The molecule has 0 aliphatic carbocycles. The van der Waals surface area contributed by atoms with Gasteiger partial charge in [-0.3, -0.25) is 9.78 Å². The molecular weight excluding hydrogens is 321 g/mol. The van der Waals surface area contributed by atoms with Crippen molar-refractivity contribution in [3.8, 4) is 0 Å². The molecule has 0 radical (unpaired) electrons. The van der Waals surface area contributed by atoms with Crippen molar-refractivity contribution >= 4 is 17.0 Å². The van der Waals surface area contributed by atoms with Crippen LogP contribution in [0, 0.1) is 5.82 Å². The smallest absolute Gasteiger partial charge is 0.263 e. The molecular formula is C18H22FN5O. The molecule has 1 aromatic carbocycles. The van der Waals surface area contributed by atoms with E-state index in [0.717, 1.165) is 0 Å². The molecule has 2 N–H and O–H groups in total. The fourth-order valence-corrected chi connectivity index (χ4v) is 2.76. The molecule has 0 saturated carbocycles. The zero-order valence-electron chi connectivity index (χ0n) is 14.8. The lowest BCUT2D eigenvalue weighted by Crippen LogP contribution is -2.26. The molecule has 0 saturated heterocycles. The highest BCUT2D eigenvalue weighted by molar-refractivity contribution is 5.74. The number of aromatic nitrogens is 4. The molecule has 0 aliphatic heterocycles.